The molecule has 0 aliphatic carbocycles. The SMILES string of the molecule is O=[N+]([O-])c1cc(Br)cc(/C=N/O)c1. The van der Waals surface area contributed by atoms with Crippen LogP contribution in [0.4, 0.5) is 5.69 Å². The Balaban J connectivity index is 3.18. The van der Waals surface area contributed by atoms with Crippen molar-refractivity contribution >= 4 is 27.8 Å². The minimum Gasteiger partial charge on any atom is -0.411 e. The zero-order chi connectivity index (χ0) is 9.84. The first-order valence-corrected chi connectivity index (χ1v) is 4.05. The standard InChI is InChI=1S/C7H5BrN2O3/c8-6-1-5(4-9-11)2-7(3-6)10(12)13/h1-4,11H/b9-4+. The Labute approximate surface area is 82.0 Å². The molecule has 1 aromatic rings. The highest BCUT2D eigenvalue weighted by Crippen LogP contribution is 2.20. The zero-order valence-electron chi connectivity index (χ0n) is 6.35. The lowest BCUT2D eigenvalue weighted by Gasteiger charge is -1.95. The van der Waals surface area contributed by atoms with Crippen molar-refractivity contribution < 1.29 is 10.1 Å². The van der Waals surface area contributed by atoms with Crippen LogP contribution in [0.3, 0.4) is 0 Å². The number of hydrogen-bond donors (Lipinski definition) is 1. The molecule has 0 fully saturated rings. The van der Waals surface area contributed by atoms with Crippen molar-refractivity contribution in [3.8, 4) is 0 Å². The molecule has 0 aliphatic heterocycles. The highest BCUT2D eigenvalue weighted by molar-refractivity contribution is 9.10. The molecule has 0 amide bonds. The number of rotatable bonds is 2. The highest BCUT2D eigenvalue weighted by atomic mass is 79.9. The topological polar surface area (TPSA) is 75.7 Å². The lowest BCUT2D eigenvalue weighted by atomic mass is 10.2. The molecule has 0 atom stereocenters. The third kappa shape index (κ3) is 2.51. The van der Waals surface area contributed by atoms with Gasteiger partial charge in [-0.1, -0.05) is 21.1 Å². The van der Waals surface area contributed by atoms with Crippen molar-refractivity contribution in [2.75, 3.05) is 0 Å². The Morgan fingerprint density at radius 1 is 1.54 bits per heavy atom. The molecule has 1 aromatic carbocycles. The van der Waals surface area contributed by atoms with E-state index in [1.807, 2.05) is 0 Å². The zero-order valence-corrected chi connectivity index (χ0v) is 7.93. The number of halogens is 1. The second-order valence-corrected chi connectivity index (χ2v) is 3.16. The fourth-order valence-corrected chi connectivity index (χ4v) is 1.34. The minimum absolute atomic E-state index is 0.0516. The van der Waals surface area contributed by atoms with Gasteiger partial charge in [-0.05, 0) is 6.07 Å². The van der Waals surface area contributed by atoms with Gasteiger partial charge in [0.05, 0.1) is 11.1 Å². The van der Waals surface area contributed by atoms with Gasteiger partial charge < -0.3 is 5.21 Å². The van der Waals surface area contributed by atoms with Crippen molar-refractivity contribution in [2.24, 2.45) is 5.16 Å². The Hall–Kier alpha value is -1.43. The van der Waals surface area contributed by atoms with Gasteiger partial charge in [0.25, 0.3) is 5.69 Å². The fraction of sp³-hybridized carbons (Fsp3) is 0. The quantitative estimate of drug-likeness (QED) is 0.375. The van der Waals surface area contributed by atoms with E-state index in [0.29, 0.717) is 10.0 Å². The van der Waals surface area contributed by atoms with E-state index >= 15 is 0 Å². The number of nitrogens with zero attached hydrogens (tertiary/aromatic N) is 2. The molecule has 0 heterocycles. The van der Waals surface area contributed by atoms with E-state index in [1.54, 1.807) is 6.07 Å². The Kier molecular flexibility index (Phi) is 2.97. The van der Waals surface area contributed by atoms with Crippen LogP contribution in [0.1, 0.15) is 5.56 Å². The van der Waals surface area contributed by atoms with E-state index in [-0.39, 0.29) is 5.69 Å². The van der Waals surface area contributed by atoms with Gasteiger partial charge in [-0.3, -0.25) is 10.1 Å². The number of non-ortho nitro benzene ring substituents is 1. The second kappa shape index (κ2) is 3.99. The van der Waals surface area contributed by atoms with Crippen molar-refractivity contribution in [1.82, 2.24) is 0 Å². The van der Waals surface area contributed by atoms with E-state index in [0.717, 1.165) is 6.21 Å². The third-order valence-corrected chi connectivity index (χ3v) is 1.78. The lowest BCUT2D eigenvalue weighted by Crippen LogP contribution is -1.90. The maximum atomic E-state index is 10.4. The van der Waals surface area contributed by atoms with Gasteiger partial charge >= 0.3 is 0 Å². The summed E-state index contributed by atoms with van der Waals surface area (Å²) in [7, 11) is 0. The Morgan fingerprint density at radius 2 is 2.23 bits per heavy atom. The van der Waals surface area contributed by atoms with Crippen molar-refractivity contribution in [3.05, 3.63) is 38.3 Å². The molecule has 0 radical (unpaired) electrons. The molecule has 0 saturated carbocycles. The highest BCUT2D eigenvalue weighted by Gasteiger charge is 2.07. The molecule has 0 spiro atoms. The van der Waals surface area contributed by atoms with Crippen LogP contribution in [0, 0.1) is 10.1 Å². The molecule has 0 aromatic heterocycles. The molecule has 0 bridgehead atoms. The molecule has 0 aliphatic rings. The van der Waals surface area contributed by atoms with E-state index < -0.39 is 4.92 Å². The van der Waals surface area contributed by atoms with E-state index in [9.17, 15) is 10.1 Å². The first kappa shape index (κ1) is 9.66. The number of nitro benzene ring substituents is 1. The summed E-state index contributed by atoms with van der Waals surface area (Å²) in [6.45, 7) is 0. The maximum Gasteiger partial charge on any atom is 0.271 e. The minimum atomic E-state index is -0.514. The molecular weight excluding hydrogens is 240 g/mol. The van der Waals surface area contributed by atoms with Gasteiger partial charge in [-0.15, -0.1) is 0 Å². The third-order valence-electron chi connectivity index (χ3n) is 1.32. The largest absolute Gasteiger partial charge is 0.411 e. The predicted molar refractivity (Wildman–Crippen MR) is 50.2 cm³/mol. The van der Waals surface area contributed by atoms with Gasteiger partial charge in [-0.2, -0.15) is 0 Å². The summed E-state index contributed by atoms with van der Waals surface area (Å²) in [5.74, 6) is 0. The molecule has 0 saturated heterocycles. The average Bonchev–Trinajstić information content (AvgIpc) is 2.03. The lowest BCUT2D eigenvalue weighted by molar-refractivity contribution is -0.384. The summed E-state index contributed by atoms with van der Waals surface area (Å²) >= 11 is 3.10. The molecule has 68 valence electrons. The van der Waals surface area contributed by atoms with Crippen molar-refractivity contribution in [3.63, 3.8) is 0 Å². The van der Waals surface area contributed by atoms with Crippen LogP contribution in [0.15, 0.2) is 27.8 Å². The van der Waals surface area contributed by atoms with Gasteiger partial charge in [-0.25, -0.2) is 0 Å². The molecule has 1 rings (SSSR count). The molecule has 13 heavy (non-hydrogen) atoms. The summed E-state index contributed by atoms with van der Waals surface area (Å²) in [6.07, 6.45) is 1.12. The van der Waals surface area contributed by atoms with Gasteiger partial charge in [0.1, 0.15) is 0 Å². The molecular formula is C7H5BrN2O3. The number of benzene rings is 1. The molecule has 1 N–H and O–H groups in total. The summed E-state index contributed by atoms with van der Waals surface area (Å²) in [6, 6.07) is 4.28. The summed E-state index contributed by atoms with van der Waals surface area (Å²) < 4.78 is 0.566. The fourth-order valence-electron chi connectivity index (χ4n) is 0.843. The summed E-state index contributed by atoms with van der Waals surface area (Å²) in [5.41, 5.74) is 0.410. The van der Waals surface area contributed by atoms with Crippen LogP contribution in [0.25, 0.3) is 0 Å². The first-order chi connectivity index (χ1) is 6.13. The van der Waals surface area contributed by atoms with Crippen LogP contribution in [-0.4, -0.2) is 16.3 Å². The van der Waals surface area contributed by atoms with Gasteiger partial charge in [0.2, 0.25) is 0 Å². The van der Waals surface area contributed by atoms with Crippen LogP contribution in [0.2, 0.25) is 0 Å². The average molecular weight is 245 g/mol. The van der Waals surface area contributed by atoms with E-state index in [1.165, 1.54) is 12.1 Å². The van der Waals surface area contributed by atoms with Gasteiger partial charge in [0, 0.05) is 22.2 Å². The van der Waals surface area contributed by atoms with Crippen LogP contribution in [0.5, 0.6) is 0 Å². The summed E-state index contributed by atoms with van der Waals surface area (Å²) in [4.78, 5) is 9.87. The number of nitro groups is 1. The van der Waals surface area contributed by atoms with Crippen LogP contribution >= 0.6 is 15.9 Å². The summed E-state index contributed by atoms with van der Waals surface area (Å²) in [5, 5.41) is 21.4. The first-order valence-electron chi connectivity index (χ1n) is 3.26. The normalized spacial score (nSPS) is 10.5. The predicted octanol–water partition coefficient (Wildman–Crippen LogP) is 2.17. The second-order valence-electron chi connectivity index (χ2n) is 2.24. The Bertz CT molecular complexity index is 365. The van der Waals surface area contributed by atoms with E-state index in [2.05, 4.69) is 21.1 Å². The number of oxime groups is 1. The number of hydrogen-bond acceptors (Lipinski definition) is 4. The molecule has 6 heteroatoms. The van der Waals surface area contributed by atoms with Gasteiger partial charge in [0.15, 0.2) is 0 Å². The van der Waals surface area contributed by atoms with E-state index in [4.69, 9.17) is 5.21 Å². The Morgan fingerprint density at radius 3 is 2.77 bits per heavy atom. The monoisotopic (exact) mass is 244 g/mol. The van der Waals surface area contributed by atoms with Crippen molar-refractivity contribution in [1.29, 1.82) is 0 Å². The smallest absolute Gasteiger partial charge is 0.271 e. The van der Waals surface area contributed by atoms with Crippen LogP contribution < -0.4 is 0 Å². The van der Waals surface area contributed by atoms with Crippen molar-refractivity contribution in [2.45, 2.75) is 0 Å². The molecule has 0 unspecified atom stereocenters. The van der Waals surface area contributed by atoms with Crippen LogP contribution in [-0.2, 0) is 0 Å². The maximum absolute atomic E-state index is 10.4. The molecule has 5 nitrogen and oxygen atoms in total.